The van der Waals surface area contributed by atoms with Crippen LogP contribution in [0, 0.1) is 0 Å². The second-order valence-electron chi connectivity index (χ2n) is 4.85. The van der Waals surface area contributed by atoms with E-state index in [9.17, 15) is 0 Å². The van der Waals surface area contributed by atoms with Crippen LogP contribution in [0.25, 0.3) is 10.2 Å². The molecule has 2 rings (SSSR count). The van der Waals surface area contributed by atoms with E-state index in [1.165, 1.54) is 30.6 Å². The molecule has 0 amide bonds. The number of ether oxygens (including phenoxy) is 1. The standard InChI is InChI=1S/C15H21ClN2OS/c1-3-5-6-7-8-9-19-13-12-10-11(4-2)20-14(12)18-15(16)17-13/h10H,3-9H2,1-2H3. The fourth-order valence-corrected chi connectivity index (χ4v) is 3.25. The Balaban J connectivity index is 1.99. The summed E-state index contributed by atoms with van der Waals surface area (Å²) in [5, 5.41) is 1.26. The van der Waals surface area contributed by atoms with Crippen molar-refractivity contribution in [2.75, 3.05) is 6.61 Å². The van der Waals surface area contributed by atoms with Crippen LogP contribution in [0.2, 0.25) is 5.28 Å². The van der Waals surface area contributed by atoms with Crippen molar-refractivity contribution in [1.29, 1.82) is 0 Å². The first-order chi connectivity index (χ1) is 9.74. The summed E-state index contributed by atoms with van der Waals surface area (Å²) < 4.78 is 5.81. The first-order valence-electron chi connectivity index (χ1n) is 7.33. The van der Waals surface area contributed by atoms with E-state index in [0.29, 0.717) is 12.5 Å². The van der Waals surface area contributed by atoms with E-state index in [4.69, 9.17) is 16.3 Å². The van der Waals surface area contributed by atoms with Gasteiger partial charge in [0.15, 0.2) is 0 Å². The molecule has 3 nitrogen and oxygen atoms in total. The van der Waals surface area contributed by atoms with Crippen molar-refractivity contribution in [2.45, 2.75) is 52.4 Å². The van der Waals surface area contributed by atoms with Gasteiger partial charge >= 0.3 is 0 Å². The molecule has 0 N–H and O–H groups in total. The zero-order valence-electron chi connectivity index (χ0n) is 12.1. The quantitative estimate of drug-likeness (QED) is 0.493. The molecule has 0 unspecified atom stereocenters. The van der Waals surface area contributed by atoms with Gasteiger partial charge in [-0.3, -0.25) is 0 Å². The lowest BCUT2D eigenvalue weighted by Crippen LogP contribution is -2.00. The zero-order valence-corrected chi connectivity index (χ0v) is 13.7. The maximum Gasteiger partial charge on any atom is 0.227 e. The summed E-state index contributed by atoms with van der Waals surface area (Å²) in [7, 11) is 0. The summed E-state index contributed by atoms with van der Waals surface area (Å²) >= 11 is 7.62. The lowest BCUT2D eigenvalue weighted by atomic mass is 10.2. The Bertz CT molecular complexity index is 556. The molecule has 0 fully saturated rings. The maximum atomic E-state index is 5.96. The molecule has 0 aromatic carbocycles. The Morgan fingerprint density at radius 1 is 1.15 bits per heavy atom. The van der Waals surface area contributed by atoms with Crippen LogP contribution in [-0.2, 0) is 6.42 Å². The summed E-state index contributed by atoms with van der Waals surface area (Å²) in [6.07, 6.45) is 7.10. The molecule has 0 bridgehead atoms. The topological polar surface area (TPSA) is 35.0 Å². The van der Waals surface area contributed by atoms with Gasteiger partial charge in [0, 0.05) is 4.88 Å². The minimum absolute atomic E-state index is 0.267. The van der Waals surface area contributed by atoms with E-state index < -0.39 is 0 Å². The number of aryl methyl sites for hydroxylation is 1. The van der Waals surface area contributed by atoms with Gasteiger partial charge < -0.3 is 4.74 Å². The number of hydrogen-bond acceptors (Lipinski definition) is 4. The molecule has 0 spiro atoms. The smallest absolute Gasteiger partial charge is 0.227 e. The third-order valence-electron chi connectivity index (χ3n) is 3.22. The summed E-state index contributed by atoms with van der Waals surface area (Å²) in [6, 6.07) is 2.11. The molecule has 0 saturated heterocycles. The van der Waals surface area contributed by atoms with Crippen molar-refractivity contribution in [3.05, 3.63) is 16.2 Å². The van der Waals surface area contributed by atoms with Crippen LogP contribution in [0.15, 0.2) is 6.07 Å². The van der Waals surface area contributed by atoms with Crippen LogP contribution in [0.4, 0.5) is 0 Å². The van der Waals surface area contributed by atoms with Crippen molar-refractivity contribution in [3.8, 4) is 5.88 Å². The summed E-state index contributed by atoms with van der Waals surface area (Å²) in [5.74, 6) is 0.631. The predicted octanol–water partition coefficient (Wildman–Crippen LogP) is 5.26. The van der Waals surface area contributed by atoms with E-state index in [2.05, 4.69) is 29.9 Å². The van der Waals surface area contributed by atoms with Crippen LogP contribution in [0.5, 0.6) is 5.88 Å². The van der Waals surface area contributed by atoms with Gasteiger partial charge in [-0.1, -0.05) is 39.5 Å². The molecule has 0 aliphatic carbocycles. The summed E-state index contributed by atoms with van der Waals surface area (Å²) in [6.45, 7) is 5.05. The van der Waals surface area contributed by atoms with Gasteiger partial charge in [0.25, 0.3) is 0 Å². The lowest BCUT2D eigenvalue weighted by Gasteiger charge is -2.06. The predicted molar refractivity (Wildman–Crippen MR) is 86.1 cm³/mol. The minimum atomic E-state index is 0.267. The maximum absolute atomic E-state index is 5.96. The van der Waals surface area contributed by atoms with Crippen molar-refractivity contribution in [3.63, 3.8) is 0 Å². The molecule has 2 aromatic heterocycles. The first kappa shape index (κ1) is 15.5. The average molecular weight is 313 g/mol. The Kier molecular flexibility index (Phi) is 6.05. The Hall–Kier alpha value is -0.870. The fraction of sp³-hybridized carbons (Fsp3) is 0.600. The van der Waals surface area contributed by atoms with Crippen LogP contribution in [-0.4, -0.2) is 16.6 Å². The molecule has 0 saturated carbocycles. The van der Waals surface area contributed by atoms with E-state index in [0.717, 1.165) is 23.1 Å². The van der Waals surface area contributed by atoms with Crippen LogP contribution in [0.3, 0.4) is 0 Å². The van der Waals surface area contributed by atoms with Gasteiger partial charge in [-0.15, -0.1) is 11.3 Å². The van der Waals surface area contributed by atoms with E-state index in [1.54, 1.807) is 11.3 Å². The zero-order chi connectivity index (χ0) is 14.4. The molecule has 0 aliphatic rings. The second kappa shape index (κ2) is 7.79. The second-order valence-corrected chi connectivity index (χ2v) is 6.30. The summed E-state index contributed by atoms with van der Waals surface area (Å²) in [5.41, 5.74) is 0. The van der Waals surface area contributed by atoms with Crippen LogP contribution in [0.1, 0.15) is 50.8 Å². The van der Waals surface area contributed by atoms with Gasteiger partial charge in [0.2, 0.25) is 11.2 Å². The van der Waals surface area contributed by atoms with Crippen molar-refractivity contribution < 1.29 is 4.74 Å². The number of rotatable bonds is 8. The number of thiophene rings is 1. The molecule has 0 aliphatic heterocycles. The van der Waals surface area contributed by atoms with Crippen molar-refractivity contribution >= 4 is 33.2 Å². The number of hydrogen-bond donors (Lipinski definition) is 0. The Labute approximate surface area is 129 Å². The van der Waals surface area contributed by atoms with Crippen molar-refractivity contribution in [1.82, 2.24) is 9.97 Å². The molecule has 2 heterocycles. The minimum Gasteiger partial charge on any atom is -0.477 e. The van der Waals surface area contributed by atoms with E-state index in [1.807, 2.05) is 0 Å². The molecule has 2 aromatic rings. The van der Waals surface area contributed by atoms with Crippen LogP contribution >= 0.6 is 22.9 Å². The van der Waals surface area contributed by atoms with E-state index in [-0.39, 0.29) is 5.28 Å². The Morgan fingerprint density at radius 2 is 1.95 bits per heavy atom. The number of nitrogens with zero attached hydrogens (tertiary/aromatic N) is 2. The molecule has 20 heavy (non-hydrogen) atoms. The number of aromatic nitrogens is 2. The molecular formula is C15H21ClN2OS. The normalized spacial score (nSPS) is 11.2. The van der Waals surface area contributed by atoms with Crippen LogP contribution < -0.4 is 4.74 Å². The highest BCUT2D eigenvalue weighted by Gasteiger charge is 2.11. The van der Waals surface area contributed by atoms with Gasteiger partial charge in [0.05, 0.1) is 12.0 Å². The average Bonchev–Trinajstić information content (AvgIpc) is 2.85. The van der Waals surface area contributed by atoms with Gasteiger partial charge in [0.1, 0.15) is 4.83 Å². The lowest BCUT2D eigenvalue weighted by molar-refractivity contribution is 0.297. The largest absolute Gasteiger partial charge is 0.477 e. The summed E-state index contributed by atoms with van der Waals surface area (Å²) in [4.78, 5) is 10.7. The van der Waals surface area contributed by atoms with Gasteiger partial charge in [-0.25, -0.2) is 4.98 Å². The fourth-order valence-electron chi connectivity index (χ4n) is 2.08. The molecule has 110 valence electrons. The molecular weight excluding hydrogens is 292 g/mol. The molecule has 5 heteroatoms. The highest BCUT2D eigenvalue weighted by Crippen LogP contribution is 2.31. The third kappa shape index (κ3) is 4.06. The number of fused-ring (bicyclic) bond motifs is 1. The number of halogens is 1. The van der Waals surface area contributed by atoms with E-state index >= 15 is 0 Å². The van der Waals surface area contributed by atoms with Gasteiger partial charge in [-0.05, 0) is 30.5 Å². The monoisotopic (exact) mass is 312 g/mol. The third-order valence-corrected chi connectivity index (χ3v) is 4.56. The molecule has 0 radical (unpaired) electrons. The SMILES string of the molecule is CCCCCCCOc1nc(Cl)nc2sc(CC)cc12. The number of unbranched alkanes of at least 4 members (excludes halogenated alkanes) is 4. The highest BCUT2D eigenvalue weighted by atomic mass is 35.5. The molecule has 0 atom stereocenters. The first-order valence-corrected chi connectivity index (χ1v) is 8.52. The Morgan fingerprint density at radius 3 is 2.70 bits per heavy atom. The van der Waals surface area contributed by atoms with Gasteiger partial charge in [-0.2, -0.15) is 4.98 Å². The highest BCUT2D eigenvalue weighted by molar-refractivity contribution is 7.18. The van der Waals surface area contributed by atoms with Crippen molar-refractivity contribution in [2.24, 2.45) is 0 Å².